The van der Waals surface area contributed by atoms with Gasteiger partial charge in [0.15, 0.2) is 0 Å². The fourth-order valence-electron chi connectivity index (χ4n) is 1.71. The van der Waals surface area contributed by atoms with E-state index < -0.39 is 18.2 Å². The molecule has 7 heteroatoms. The first-order valence-electron chi connectivity index (χ1n) is 5.63. The minimum atomic E-state index is -4.43. The smallest absolute Gasteiger partial charge is 0.408 e. The van der Waals surface area contributed by atoms with E-state index in [-0.39, 0.29) is 17.9 Å². The second-order valence-corrected chi connectivity index (χ2v) is 4.10. The average molecular weight is 276 g/mol. The number of pyridine rings is 1. The Kier molecular flexibility index (Phi) is 4.88. The summed E-state index contributed by atoms with van der Waals surface area (Å²) in [5, 5.41) is 0. The Labute approximate surface area is 109 Å². The van der Waals surface area contributed by atoms with Crippen molar-refractivity contribution in [3.8, 4) is 0 Å². The first-order valence-corrected chi connectivity index (χ1v) is 5.63. The summed E-state index contributed by atoms with van der Waals surface area (Å²) in [6.07, 6.45) is -3.26. The van der Waals surface area contributed by atoms with Crippen LogP contribution in [0.25, 0.3) is 0 Å². The monoisotopic (exact) mass is 276 g/mol. The van der Waals surface area contributed by atoms with Crippen LogP contribution in [0.1, 0.15) is 29.0 Å². The molecule has 0 aliphatic heterocycles. The first-order chi connectivity index (χ1) is 8.77. The highest BCUT2D eigenvalue weighted by molar-refractivity contribution is 5.87. The number of carbonyl (C=O) groups excluding carboxylic acids is 1. The molecule has 19 heavy (non-hydrogen) atoms. The van der Waals surface area contributed by atoms with Crippen LogP contribution < -0.4 is 0 Å². The van der Waals surface area contributed by atoms with E-state index in [1.54, 1.807) is 6.92 Å². The van der Waals surface area contributed by atoms with Crippen molar-refractivity contribution in [2.75, 3.05) is 20.7 Å². The van der Waals surface area contributed by atoms with Gasteiger partial charge in [-0.05, 0) is 38.7 Å². The van der Waals surface area contributed by atoms with Crippen molar-refractivity contribution >= 4 is 5.97 Å². The van der Waals surface area contributed by atoms with Gasteiger partial charge in [0.2, 0.25) is 0 Å². The van der Waals surface area contributed by atoms with E-state index in [1.807, 2.05) is 0 Å². The Morgan fingerprint density at radius 1 is 1.47 bits per heavy atom. The predicted molar refractivity (Wildman–Crippen MR) is 62.7 cm³/mol. The number of rotatable bonds is 4. The molecule has 0 saturated heterocycles. The largest absolute Gasteiger partial charge is 0.461 e. The zero-order valence-electron chi connectivity index (χ0n) is 10.9. The molecule has 1 unspecified atom stereocenters. The molecule has 0 aliphatic carbocycles. The molecule has 1 heterocycles. The lowest BCUT2D eigenvalue weighted by atomic mass is 10.1. The summed E-state index contributed by atoms with van der Waals surface area (Å²) in [6, 6.07) is 0.556. The van der Waals surface area contributed by atoms with Crippen LogP contribution >= 0.6 is 0 Å². The van der Waals surface area contributed by atoms with Crippen LogP contribution in [0.4, 0.5) is 13.2 Å². The number of hydrogen-bond acceptors (Lipinski definition) is 4. The highest BCUT2D eigenvalue weighted by Gasteiger charge is 2.42. The van der Waals surface area contributed by atoms with Gasteiger partial charge in [-0.15, -0.1) is 0 Å². The quantitative estimate of drug-likeness (QED) is 0.792. The second-order valence-electron chi connectivity index (χ2n) is 4.10. The fraction of sp³-hybridized carbons (Fsp3) is 0.500. The number of nitrogens with zero attached hydrogens (tertiary/aromatic N) is 2. The number of alkyl halides is 3. The lowest BCUT2D eigenvalue weighted by Crippen LogP contribution is -2.33. The third-order valence-corrected chi connectivity index (χ3v) is 2.41. The Morgan fingerprint density at radius 3 is 2.58 bits per heavy atom. The molecule has 1 aromatic rings. The molecule has 0 saturated carbocycles. The molecule has 0 aromatic carbocycles. The highest BCUT2D eigenvalue weighted by atomic mass is 19.4. The van der Waals surface area contributed by atoms with Gasteiger partial charge in [0.1, 0.15) is 11.7 Å². The van der Waals surface area contributed by atoms with Crippen molar-refractivity contribution in [1.82, 2.24) is 9.88 Å². The van der Waals surface area contributed by atoms with Crippen LogP contribution in [-0.2, 0) is 4.74 Å². The maximum atomic E-state index is 13.0. The van der Waals surface area contributed by atoms with Gasteiger partial charge in [-0.3, -0.25) is 4.90 Å². The van der Waals surface area contributed by atoms with Gasteiger partial charge in [0.25, 0.3) is 0 Å². The molecule has 106 valence electrons. The van der Waals surface area contributed by atoms with E-state index in [0.29, 0.717) is 0 Å². The van der Waals surface area contributed by atoms with Crippen molar-refractivity contribution in [2.45, 2.75) is 19.1 Å². The van der Waals surface area contributed by atoms with Crippen LogP contribution in [0.3, 0.4) is 0 Å². The van der Waals surface area contributed by atoms with E-state index >= 15 is 0 Å². The molecule has 1 atom stereocenters. The Bertz CT molecular complexity index is 447. The zero-order chi connectivity index (χ0) is 14.6. The van der Waals surface area contributed by atoms with Gasteiger partial charge in [-0.25, -0.2) is 9.78 Å². The van der Waals surface area contributed by atoms with Crippen LogP contribution in [0, 0.1) is 0 Å². The van der Waals surface area contributed by atoms with Crippen molar-refractivity contribution < 1.29 is 22.7 Å². The van der Waals surface area contributed by atoms with Gasteiger partial charge >= 0.3 is 12.1 Å². The van der Waals surface area contributed by atoms with E-state index in [0.717, 1.165) is 11.0 Å². The molecule has 0 radical (unpaired) electrons. The van der Waals surface area contributed by atoms with Gasteiger partial charge in [-0.2, -0.15) is 13.2 Å². The molecule has 0 aliphatic rings. The molecule has 1 aromatic heterocycles. The van der Waals surface area contributed by atoms with Gasteiger partial charge in [-0.1, -0.05) is 0 Å². The zero-order valence-corrected chi connectivity index (χ0v) is 10.9. The van der Waals surface area contributed by atoms with E-state index in [9.17, 15) is 18.0 Å². The molecule has 0 bridgehead atoms. The number of aromatic nitrogens is 1. The Morgan fingerprint density at radius 2 is 2.11 bits per heavy atom. The number of hydrogen-bond donors (Lipinski definition) is 0. The van der Waals surface area contributed by atoms with Crippen LogP contribution in [0.2, 0.25) is 0 Å². The van der Waals surface area contributed by atoms with Crippen LogP contribution in [0.5, 0.6) is 0 Å². The molecule has 0 fully saturated rings. The lowest BCUT2D eigenvalue weighted by Gasteiger charge is -2.27. The SMILES string of the molecule is CCOC(=O)c1cc(C(N(C)C)C(F)(F)F)ccn1. The van der Waals surface area contributed by atoms with Crippen molar-refractivity contribution in [2.24, 2.45) is 0 Å². The molecular formula is C12H15F3N2O2. The molecule has 1 rings (SSSR count). The fourth-order valence-corrected chi connectivity index (χ4v) is 1.71. The maximum Gasteiger partial charge on any atom is 0.408 e. The normalized spacial score (nSPS) is 13.4. The standard InChI is InChI=1S/C12H15F3N2O2/c1-4-19-11(18)9-7-8(5-6-16-9)10(17(2)3)12(13,14)15/h5-7,10H,4H2,1-3H3. The summed E-state index contributed by atoms with van der Waals surface area (Å²) in [4.78, 5) is 16.2. The van der Waals surface area contributed by atoms with E-state index in [4.69, 9.17) is 4.74 Å². The lowest BCUT2D eigenvalue weighted by molar-refractivity contribution is -0.179. The minimum absolute atomic E-state index is 0.0458. The molecular weight excluding hydrogens is 261 g/mol. The first kappa shape index (κ1) is 15.4. The Hall–Kier alpha value is -1.63. The average Bonchev–Trinajstić information content (AvgIpc) is 2.27. The highest BCUT2D eigenvalue weighted by Crippen LogP contribution is 2.36. The number of halogens is 3. The third kappa shape index (κ3) is 3.92. The summed E-state index contributed by atoms with van der Waals surface area (Å²) in [6.45, 7) is 1.75. The number of esters is 1. The van der Waals surface area contributed by atoms with Crippen LogP contribution in [-0.4, -0.2) is 42.7 Å². The van der Waals surface area contributed by atoms with Gasteiger partial charge in [0.05, 0.1) is 6.61 Å². The third-order valence-electron chi connectivity index (χ3n) is 2.41. The number of carbonyl (C=O) groups is 1. The summed E-state index contributed by atoms with van der Waals surface area (Å²) >= 11 is 0. The van der Waals surface area contributed by atoms with Crippen molar-refractivity contribution in [3.05, 3.63) is 29.6 Å². The Balaban J connectivity index is 3.13. The van der Waals surface area contributed by atoms with Crippen molar-refractivity contribution in [3.63, 3.8) is 0 Å². The van der Waals surface area contributed by atoms with Gasteiger partial charge in [0, 0.05) is 6.20 Å². The van der Waals surface area contributed by atoms with Crippen molar-refractivity contribution in [1.29, 1.82) is 0 Å². The molecule has 4 nitrogen and oxygen atoms in total. The van der Waals surface area contributed by atoms with E-state index in [1.165, 1.54) is 26.4 Å². The topological polar surface area (TPSA) is 42.4 Å². The number of ether oxygens (including phenoxy) is 1. The van der Waals surface area contributed by atoms with Crippen LogP contribution in [0.15, 0.2) is 18.3 Å². The second kappa shape index (κ2) is 6.01. The summed E-state index contributed by atoms with van der Waals surface area (Å²) < 4.78 is 43.6. The summed E-state index contributed by atoms with van der Waals surface area (Å²) in [5.74, 6) is -0.732. The summed E-state index contributed by atoms with van der Waals surface area (Å²) in [7, 11) is 2.64. The minimum Gasteiger partial charge on any atom is -0.461 e. The molecule has 0 N–H and O–H groups in total. The molecule has 0 spiro atoms. The maximum absolute atomic E-state index is 13.0. The molecule has 0 amide bonds. The van der Waals surface area contributed by atoms with E-state index in [2.05, 4.69) is 4.98 Å². The van der Waals surface area contributed by atoms with Gasteiger partial charge < -0.3 is 4.74 Å². The summed E-state index contributed by atoms with van der Waals surface area (Å²) in [5.41, 5.74) is -0.175. The predicted octanol–water partition coefficient (Wildman–Crippen LogP) is 2.42.